The van der Waals surface area contributed by atoms with E-state index in [0.717, 1.165) is 0 Å². The zero-order chi connectivity index (χ0) is 11.1. The van der Waals surface area contributed by atoms with E-state index in [1.54, 1.807) is 6.07 Å². The van der Waals surface area contributed by atoms with Crippen molar-refractivity contribution in [3.05, 3.63) is 36.4 Å². The van der Waals surface area contributed by atoms with E-state index in [1.807, 2.05) is 0 Å². The number of phenols is 1. The third kappa shape index (κ3) is 2.56. The molecule has 4 nitrogen and oxygen atoms in total. The van der Waals surface area contributed by atoms with E-state index in [2.05, 4.69) is 0 Å². The molecule has 0 aliphatic heterocycles. The summed E-state index contributed by atoms with van der Waals surface area (Å²) in [5.74, 6) is 0.0305. The van der Waals surface area contributed by atoms with Gasteiger partial charge in [0.2, 0.25) is 0 Å². The van der Waals surface area contributed by atoms with Crippen LogP contribution in [0, 0.1) is 0 Å². The van der Waals surface area contributed by atoms with Gasteiger partial charge in [-0.1, -0.05) is 12.1 Å². The summed E-state index contributed by atoms with van der Waals surface area (Å²) in [6, 6.07) is 8.51. The first-order chi connectivity index (χ1) is 6.98. The fourth-order valence-corrected chi connectivity index (χ4v) is 2.16. The molecule has 0 aliphatic carbocycles. The van der Waals surface area contributed by atoms with Gasteiger partial charge in [-0.05, 0) is 35.0 Å². The van der Waals surface area contributed by atoms with Crippen molar-refractivity contribution in [2.75, 3.05) is 0 Å². The fraction of sp³-hybridized carbons (Fsp3) is 0. The summed E-state index contributed by atoms with van der Waals surface area (Å²) in [5.41, 5.74) is 0. The van der Waals surface area contributed by atoms with Crippen molar-refractivity contribution in [2.24, 2.45) is 0 Å². The Kier molecular flexibility index (Phi) is 3.98. The minimum Gasteiger partial charge on any atom is -0.744 e. The number of fused-ring (bicyclic) bond motifs is 1. The maximum atomic E-state index is 10.9. The molecule has 0 bridgehead atoms. The Labute approximate surface area is 115 Å². The number of benzene rings is 2. The number of aromatic hydroxyl groups is 1. The van der Waals surface area contributed by atoms with E-state index < -0.39 is 10.1 Å². The van der Waals surface area contributed by atoms with Gasteiger partial charge in [-0.2, -0.15) is 0 Å². The molecule has 0 amide bonds. The first-order valence-electron chi connectivity index (χ1n) is 4.16. The van der Waals surface area contributed by atoms with Crippen LogP contribution in [-0.4, -0.2) is 18.1 Å². The van der Waals surface area contributed by atoms with Gasteiger partial charge < -0.3 is 9.66 Å². The molecule has 0 heterocycles. The summed E-state index contributed by atoms with van der Waals surface area (Å²) in [4.78, 5) is -0.264. The number of hydrogen-bond donors (Lipinski definition) is 1. The van der Waals surface area contributed by atoms with Crippen molar-refractivity contribution in [1.29, 1.82) is 0 Å². The molecule has 0 fully saturated rings. The third-order valence-corrected chi connectivity index (χ3v) is 2.99. The van der Waals surface area contributed by atoms with E-state index in [4.69, 9.17) is 0 Å². The molecular weight excluding hydrogens is 239 g/mol. The van der Waals surface area contributed by atoms with Crippen molar-refractivity contribution in [3.8, 4) is 5.75 Å². The molecule has 0 spiro atoms. The van der Waals surface area contributed by atoms with Crippen LogP contribution < -0.4 is 29.6 Å². The van der Waals surface area contributed by atoms with Crippen LogP contribution in [0.1, 0.15) is 0 Å². The zero-order valence-corrected chi connectivity index (χ0v) is 11.4. The van der Waals surface area contributed by atoms with Crippen molar-refractivity contribution in [3.63, 3.8) is 0 Å². The summed E-state index contributed by atoms with van der Waals surface area (Å²) in [7, 11) is -4.47. The van der Waals surface area contributed by atoms with Crippen LogP contribution in [-0.2, 0) is 10.1 Å². The average molecular weight is 246 g/mol. The van der Waals surface area contributed by atoms with Crippen LogP contribution >= 0.6 is 0 Å². The molecule has 0 aromatic heterocycles. The molecule has 2 rings (SSSR count). The van der Waals surface area contributed by atoms with Gasteiger partial charge in [-0.25, -0.2) is 8.42 Å². The minimum atomic E-state index is -4.47. The standard InChI is InChI=1S/C10H8O4S.Na/c11-8-4-5-9-7(6-8)2-1-3-10(9)15(12,13)14;/h1-6,11H,(H,12,13,14);/q;+1/p-1. The Balaban J connectivity index is 0.00000128. The molecule has 16 heavy (non-hydrogen) atoms. The van der Waals surface area contributed by atoms with Gasteiger partial charge in [-0.15, -0.1) is 0 Å². The van der Waals surface area contributed by atoms with Gasteiger partial charge in [0.25, 0.3) is 0 Å². The second kappa shape index (κ2) is 4.73. The molecule has 0 aliphatic rings. The van der Waals surface area contributed by atoms with Crippen molar-refractivity contribution in [2.45, 2.75) is 4.90 Å². The minimum absolute atomic E-state index is 0. The topological polar surface area (TPSA) is 77.4 Å². The van der Waals surface area contributed by atoms with Gasteiger partial charge in [0.15, 0.2) is 0 Å². The van der Waals surface area contributed by atoms with Gasteiger partial charge >= 0.3 is 29.6 Å². The first kappa shape index (κ1) is 13.5. The Morgan fingerprint density at radius 1 is 1.12 bits per heavy atom. The van der Waals surface area contributed by atoms with E-state index >= 15 is 0 Å². The van der Waals surface area contributed by atoms with E-state index in [0.29, 0.717) is 10.8 Å². The summed E-state index contributed by atoms with van der Waals surface area (Å²) in [5, 5.41) is 10.0. The molecule has 1 N–H and O–H groups in total. The molecule has 2 aromatic rings. The van der Waals surface area contributed by atoms with Gasteiger partial charge in [0, 0.05) is 0 Å². The predicted molar refractivity (Wildman–Crippen MR) is 53.6 cm³/mol. The summed E-state index contributed by atoms with van der Waals surface area (Å²) < 4.78 is 32.7. The Morgan fingerprint density at radius 2 is 1.81 bits per heavy atom. The summed E-state index contributed by atoms with van der Waals surface area (Å²) >= 11 is 0. The largest absolute Gasteiger partial charge is 1.00 e. The molecule has 0 saturated heterocycles. The third-order valence-electron chi connectivity index (χ3n) is 2.09. The molecular formula is C10H7NaO4S. The van der Waals surface area contributed by atoms with Crippen molar-refractivity contribution < 1.29 is 47.6 Å². The number of rotatable bonds is 1. The van der Waals surface area contributed by atoms with Crippen LogP contribution in [0.15, 0.2) is 41.3 Å². The molecule has 2 aromatic carbocycles. The van der Waals surface area contributed by atoms with E-state index in [-0.39, 0.29) is 40.2 Å². The Hall–Kier alpha value is -0.590. The fourth-order valence-electron chi connectivity index (χ4n) is 1.46. The normalized spacial score (nSPS) is 11.1. The average Bonchev–Trinajstić information content (AvgIpc) is 2.15. The molecule has 78 valence electrons. The quantitative estimate of drug-likeness (QED) is 0.488. The second-order valence-corrected chi connectivity index (χ2v) is 4.46. The van der Waals surface area contributed by atoms with Crippen LogP contribution in [0.25, 0.3) is 10.8 Å². The molecule has 0 saturated carbocycles. The first-order valence-corrected chi connectivity index (χ1v) is 5.57. The monoisotopic (exact) mass is 246 g/mol. The Morgan fingerprint density at radius 3 is 2.44 bits per heavy atom. The number of phenolic OH excluding ortho intramolecular Hbond substituents is 1. The van der Waals surface area contributed by atoms with Gasteiger partial charge in [0.05, 0.1) is 4.90 Å². The second-order valence-electron chi connectivity index (χ2n) is 3.12. The molecule has 0 unspecified atom stereocenters. The van der Waals surface area contributed by atoms with Crippen molar-refractivity contribution >= 4 is 20.9 Å². The van der Waals surface area contributed by atoms with Crippen LogP contribution in [0.5, 0.6) is 5.75 Å². The van der Waals surface area contributed by atoms with Crippen LogP contribution in [0.4, 0.5) is 0 Å². The van der Waals surface area contributed by atoms with Crippen LogP contribution in [0.3, 0.4) is 0 Å². The summed E-state index contributed by atoms with van der Waals surface area (Å²) in [6.45, 7) is 0. The molecule has 0 radical (unpaired) electrons. The predicted octanol–water partition coefficient (Wildman–Crippen LogP) is -1.55. The SMILES string of the molecule is O=S(=O)([O-])c1cccc2cc(O)ccc12.[Na+]. The number of hydrogen-bond acceptors (Lipinski definition) is 4. The smallest absolute Gasteiger partial charge is 0.744 e. The zero-order valence-electron chi connectivity index (χ0n) is 8.54. The van der Waals surface area contributed by atoms with Gasteiger partial charge in [-0.3, -0.25) is 0 Å². The summed E-state index contributed by atoms with van der Waals surface area (Å²) in [6.07, 6.45) is 0. The maximum Gasteiger partial charge on any atom is 1.00 e. The molecule has 6 heteroatoms. The van der Waals surface area contributed by atoms with E-state index in [9.17, 15) is 18.1 Å². The van der Waals surface area contributed by atoms with Crippen LogP contribution in [0.2, 0.25) is 0 Å². The Bertz CT molecular complexity index is 622. The van der Waals surface area contributed by atoms with E-state index in [1.165, 1.54) is 30.3 Å². The molecule has 0 atom stereocenters. The van der Waals surface area contributed by atoms with Gasteiger partial charge in [0.1, 0.15) is 15.9 Å². The van der Waals surface area contributed by atoms with Crippen molar-refractivity contribution in [1.82, 2.24) is 0 Å². The maximum absolute atomic E-state index is 10.9.